The predicted octanol–water partition coefficient (Wildman–Crippen LogP) is 4.60. The van der Waals surface area contributed by atoms with Crippen molar-refractivity contribution in [3.8, 4) is 0 Å². The summed E-state index contributed by atoms with van der Waals surface area (Å²) in [6.45, 7) is 11.2. The lowest BCUT2D eigenvalue weighted by Crippen LogP contribution is -2.39. The summed E-state index contributed by atoms with van der Waals surface area (Å²) in [5.41, 5.74) is 2.49. The van der Waals surface area contributed by atoms with Crippen LogP contribution in [0.1, 0.15) is 55.5 Å². The number of hydrogen-bond donors (Lipinski definition) is 1. The molecule has 2 aliphatic heterocycles. The maximum absolute atomic E-state index is 13.1. The molecule has 3 heterocycles. The summed E-state index contributed by atoms with van der Waals surface area (Å²) in [4.78, 5) is 39.3. The van der Waals surface area contributed by atoms with Crippen molar-refractivity contribution in [2.24, 2.45) is 5.92 Å². The highest BCUT2D eigenvalue weighted by Crippen LogP contribution is 2.31. The highest BCUT2D eigenvalue weighted by atomic mass is 35.5. The Hall–Kier alpha value is -2.84. The maximum Gasteiger partial charge on any atom is 0.255 e. The first-order valence-corrected chi connectivity index (χ1v) is 14.7. The van der Waals surface area contributed by atoms with E-state index < -0.39 is 0 Å². The van der Waals surface area contributed by atoms with E-state index in [2.05, 4.69) is 27.1 Å². The highest BCUT2D eigenvalue weighted by molar-refractivity contribution is 6.30. The molecule has 1 N–H and O–H groups in total. The first kappa shape index (κ1) is 29.2. The molecule has 0 radical (unpaired) electrons. The summed E-state index contributed by atoms with van der Waals surface area (Å²) in [6.07, 6.45) is 5.28. The van der Waals surface area contributed by atoms with Crippen LogP contribution in [-0.2, 0) is 11.3 Å². The van der Waals surface area contributed by atoms with Gasteiger partial charge in [-0.05, 0) is 76.4 Å². The second kappa shape index (κ2) is 14.0. The number of nitrogens with one attached hydrogen (secondary N) is 1. The molecule has 4 rings (SSSR count). The lowest BCUT2D eigenvalue weighted by molar-refractivity contribution is -0.132. The Bertz CT molecular complexity index is 1120. The number of amides is 2. The predicted molar refractivity (Wildman–Crippen MR) is 159 cm³/mol. The molecule has 0 unspecified atom stereocenters. The zero-order valence-electron chi connectivity index (χ0n) is 23.7. The van der Waals surface area contributed by atoms with E-state index in [0.717, 1.165) is 75.6 Å². The fourth-order valence-electron chi connectivity index (χ4n) is 5.52. The van der Waals surface area contributed by atoms with Crippen LogP contribution in [0.5, 0.6) is 0 Å². The number of likely N-dealkylation sites (N-methyl/N-ethyl adjacent to an activating group) is 1. The molecule has 0 saturated carbocycles. The van der Waals surface area contributed by atoms with Crippen molar-refractivity contribution in [1.82, 2.24) is 19.7 Å². The van der Waals surface area contributed by atoms with E-state index in [0.29, 0.717) is 48.5 Å². The average molecular weight is 555 g/mol. The van der Waals surface area contributed by atoms with Gasteiger partial charge in [0.05, 0.1) is 11.3 Å². The molecule has 1 aromatic carbocycles. The molecule has 0 bridgehead atoms. The fraction of sp³-hybridized carbons (Fsp3) is 0.567. The zero-order valence-corrected chi connectivity index (χ0v) is 24.4. The van der Waals surface area contributed by atoms with Gasteiger partial charge in [-0.1, -0.05) is 23.7 Å². The number of halogens is 1. The highest BCUT2D eigenvalue weighted by Gasteiger charge is 2.27. The van der Waals surface area contributed by atoms with Crippen LogP contribution in [0.15, 0.2) is 36.5 Å². The molecular weight excluding hydrogens is 512 g/mol. The second-order valence-electron chi connectivity index (χ2n) is 10.7. The largest absolute Gasteiger partial charge is 0.378 e. The van der Waals surface area contributed by atoms with Gasteiger partial charge in [0, 0.05) is 70.0 Å². The summed E-state index contributed by atoms with van der Waals surface area (Å²) in [7, 11) is 2.13. The van der Waals surface area contributed by atoms with Gasteiger partial charge in [-0.3, -0.25) is 9.59 Å². The molecule has 2 aliphatic rings. The first-order chi connectivity index (χ1) is 18.9. The van der Waals surface area contributed by atoms with Crippen molar-refractivity contribution in [1.29, 1.82) is 0 Å². The Morgan fingerprint density at radius 2 is 1.82 bits per heavy atom. The molecule has 9 heteroatoms. The Labute approximate surface area is 238 Å². The topological polar surface area (TPSA) is 72.0 Å². The van der Waals surface area contributed by atoms with Crippen LogP contribution in [0.25, 0.3) is 0 Å². The van der Waals surface area contributed by atoms with Gasteiger partial charge in [0.2, 0.25) is 5.91 Å². The average Bonchev–Trinajstić information content (AvgIpc) is 3.17. The van der Waals surface area contributed by atoms with Gasteiger partial charge in [-0.2, -0.15) is 0 Å². The van der Waals surface area contributed by atoms with Crippen molar-refractivity contribution in [3.63, 3.8) is 0 Å². The van der Waals surface area contributed by atoms with Crippen molar-refractivity contribution < 1.29 is 9.59 Å². The zero-order chi connectivity index (χ0) is 27.8. The summed E-state index contributed by atoms with van der Waals surface area (Å²) < 4.78 is 0. The van der Waals surface area contributed by atoms with Crippen LogP contribution in [0, 0.1) is 5.92 Å². The number of piperidine rings is 1. The minimum Gasteiger partial charge on any atom is -0.378 e. The Kier molecular flexibility index (Phi) is 10.5. The van der Waals surface area contributed by atoms with Crippen LogP contribution in [-0.4, -0.2) is 90.9 Å². The first-order valence-electron chi connectivity index (χ1n) is 14.4. The van der Waals surface area contributed by atoms with Gasteiger partial charge >= 0.3 is 0 Å². The lowest BCUT2D eigenvalue weighted by atomic mass is 9.92. The van der Waals surface area contributed by atoms with E-state index in [1.54, 1.807) is 6.20 Å². The standard InChI is InChI=1S/C30H43ClN6O2/c1-4-35(5-2)30(39)25-20-27(32-21-24-8-6-9-26(31)18-24)29(33-22-25)37-14-10-23(11-15-37)19-28(38)36-13-7-12-34(3)16-17-36/h6,8-9,18,20,22-23,32H,4-5,7,10-17,19,21H2,1-3H3. The third kappa shape index (κ3) is 7.85. The molecule has 1 aromatic heterocycles. The van der Waals surface area contributed by atoms with Crippen LogP contribution in [0.3, 0.4) is 0 Å². The Balaban J connectivity index is 1.44. The summed E-state index contributed by atoms with van der Waals surface area (Å²) in [5, 5.41) is 4.22. The van der Waals surface area contributed by atoms with Gasteiger partial charge in [-0.25, -0.2) is 4.98 Å². The molecular formula is C30H43ClN6O2. The molecule has 2 aromatic rings. The second-order valence-corrected chi connectivity index (χ2v) is 11.2. The third-order valence-corrected chi connectivity index (χ3v) is 8.22. The van der Waals surface area contributed by atoms with Crippen LogP contribution >= 0.6 is 11.6 Å². The van der Waals surface area contributed by atoms with Gasteiger partial charge in [0.15, 0.2) is 5.82 Å². The van der Waals surface area contributed by atoms with E-state index in [1.165, 1.54) is 0 Å². The van der Waals surface area contributed by atoms with E-state index >= 15 is 0 Å². The normalized spacial score (nSPS) is 17.1. The number of carbonyl (C=O) groups is 2. The van der Waals surface area contributed by atoms with Crippen LogP contribution in [0.4, 0.5) is 11.5 Å². The van der Waals surface area contributed by atoms with E-state index in [1.807, 2.05) is 49.1 Å². The summed E-state index contributed by atoms with van der Waals surface area (Å²) in [6, 6.07) is 9.70. The number of benzene rings is 1. The Morgan fingerprint density at radius 1 is 1.05 bits per heavy atom. The number of rotatable bonds is 9. The van der Waals surface area contributed by atoms with Gasteiger partial charge < -0.3 is 24.9 Å². The van der Waals surface area contributed by atoms with E-state index in [9.17, 15) is 9.59 Å². The van der Waals surface area contributed by atoms with E-state index in [-0.39, 0.29) is 5.91 Å². The minimum absolute atomic E-state index is 0.0122. The van der Waals surface area contributed by atoms with Gasteiger partial charge in [-0.15, -0.1) is 0 Å². The molecule has 212 valence electrons. The van der Waals surface area contributed by atoms with Crippen LogP contribution in [0.2, 0.25) is 5.02 Å². The molecule has 0 aliphatic carbocycles. The molecule has 39 heavy (non-hydrogen) atoms. The molecule has 0 spiro atoms. The molecule has 2 fully saturated rings. The maximum atomic E-state index is 13.1. The molecule has 2 amide bonds. The van der Waals surface area contributed by atoms with Gasteiger partial charge in [0.25, 0.3) is 5.91 Å². The van der Waals surface area contributed by atoms with Crippen molar-refractivity contribution in [2.75, 3.05) is 69.6 Å². The van der Waals surface area contributed by atoms with Gasteiger partial charge in [0.1, 0.15) is 0 Å². The molecule has 0 atom stereocenters. The van der Waals surface area contributed by atoms with Crippen molar-refractivity contribution in [2.45, 2.75) is 46.1 Å². The SMILES string of the molecule is CCN(CC)C(=O)c1cnc(N2CCC(CC(=O)N3CCCN(C)CC3)CC2)c(NCc2cccc(Cl)c2)c1. The number of pyridine rings is 1. The quantitative estimate of drug-likeness (QED) is 0.488. The van der Waals surface area contributed by atoms with E-state index in [4.69, 9.17) is 16.6 Å². The third-order valence-electron chi connectivity index (χ3n) is 7.99. The van der Waals surface area contributed by atoms with Crippen molar-refractivity contribution >= 4 is 34.9 Å². The lowest BCUT2D eigenvalue weighted by Gasteiger charge is -2.34. The van der Waals surface area contributed by atoms with Crippen molar-refractivity contribution in [3.05, 3.63) is 52.7 Å². The smallest absolute Gasteiger partial charge is 0.255 e. The fourth-order valence-corrected chi connectivity index (χ4v) is 5.73. The number of hydrogen-bond acceptors (Lipinski definition) is 6. The monoisotopic (exact) mass is 554 g/mol. The van der Waals surface area contributed by atoms with Crippen LogP contribution < -0.4 is 10.2 Å². The molecule has 8 nitrogen and oxygen atoms in total. The number of carbonyl (C=O) groups excluding carboxylic acids is 2. The molecule has 2 saturated heterocycles. The minimum atomic E-state index is -0.0122. The number of anilines is 2. The Morgan fingerprint density at radius 3 is 2.54 bits per heavy atom. The summed E-state index contributed by atoms with van der Waals surface area (Å²) in [5.74, 6) is 1.53. The number of nitrogens with zero attached hydrogens (tertiary/aromatic N) is 5. The summed E-state index contributed by atoms with van der Waals surface area (Å²) >= 11 is 6.20. The number of aromatic nitrogens is 1.